The molecule has 27 heavy (non-hydrogen) atoms. The summed E-state index contributed by atoms with van der Waals surface area (Å²) >= 11 is 0. The SMILES string of the molecule is N=Cc1c(N)ccc2nc(-c3cccc4ccncc34)c3c(c12)CCCC3. The van der Waals surface area contributed by atoms with Gasteiger partial charge in [0, 0.05) is 46.2 Å². The van der Waals surface area contributed by atoms with Crippen LogP contribution in [0.2, 0.25) is 0 Å². The molecule has 0 amide bonds. The summed E-state index contributed by atoms with van der Waals surface area (Å²) in [6, 6.07) is 12.2. The molecule has 2 aromatic carbocycles. The molecule has 2 aromatic heterocycles. The molecule has 4 nitrogen and oxygen atoms in total. The van der Waals surface area contributed by atoms with Crippen LogP contribution in [0.25, 0.3) is 32.9 Å². The van der Waals surface area contributed by atoms with Gasteiger partial charge in [-0.3, -0.25) is 4.98 Å². The highest BCUT2D eigenvalue weighted by atomic mass is 14.7. The Hall–Kier alpha value is -3.27. The maximum absolute atomic E-state index is 7.87. The third-order valence-corrected chi connectivity index (χ3v) is 5.63. The van der Waals surface area contributed by atoms with Crippen molar-refractivity contribution < 1.29 is 0 Å². The van der Waals surface area contributed by atoms with E-state index in [4.69, 9.17) is 16.1 Å². The zero-order valence-electron chi connectivity index (χ0n) is 15.0. The number of nitrogens with two attached hydrogens (primary N) is 1. The van der Waals surface area contributed by atoms with Crippen molar-refractivity contribution in [1.82, 2.24) is 9.97 Å². The van der Waals surface area contributed by atoms with E-state index in [0.717, 1.165) is 52.4 Å². The van der Waals surface area contributed by atoms with Crippen LogP contribution in [0.15, 0.2) is 48.8 Å². The first-order valence-electron chi connectivity index (χ1n) is 9.35. The molecule has 0 bridgehead atoms. The molecule has 0 unspecified atom stereocenters. The molecule has 5 rings (SSSR count). The summed E-state index contributed by atoms with van der Waals surface area (Å²) in [6.45, 7) is 0. The van der Waals surface area contributed by atoms with Crippen molar-refractivity contribution >= 4 is 33.6 Å². The highest BCUT2D eigenvalue weighted by Gasteiger charge is 2.22. The Morgan fingerprint density at radius 2 is 1.85 bits per heavy atom. The molecular formula is C23H20N4. The van der Waals surface area contributed by atoms with Crippen LogP contribution in [0.5, 0.6) is 0 Å². The van der Waals surface area contributed by atoms with Gasteiger partial charge >= 0.3 is 0 Å². The minimum atomic E-state index is 0.647. The zero-order valence-corrected chi connectivity index (χ0v) is 15.0. The van der Waals surface area contributed by atoms with Crippen molar-refractivity contribution in [2.45, 2.75) is 25.7 Å². The Balaban J connectivity index is 1.91. The van der Waals surface area contributed by atoms with Crippen molar-refractivity contribution in [3.05, 3.63) is 65.5 Å². The van der Waals surface area contributed by atoms with Gasteiger partial charge in [0.2, 0.25) is 0 Å². The second kappa shape index (κ2) is 6.16. The fraction of sp³-hybridized carbons (Fsp3) is 0.174. The highest BCUT2D eigenvalue weighted by Crippen LogP contribution is 2.39. The van der Waals surface area contributed by atoms with Gasteiger partial charge in [0.05, 0.1) is 11.2 Å². The standard InChI is InChI=1S/C23H20N4/c24-12-18-20(25)8-9-21-22(18)15-5-1-2-6-16(15)23(27-21)17-7-3-4-14-10-11-26-13-19(14)17/h3-4,7-13,24H,1-2,5-6,25H2. The second-order valence-electron chi connectivity index (χ2n) is 7.13. The lowest BCUT2D eigenvalue weighted by Crippen LogP contribution is -2.10. The van der Waals surface area contributed by atoms with Gasteiger partial charge in [0.1, 0.15) is 0 Å². The number of benzene rings is 2. The summed E-state index contributed by atoms with van der Waals surface area (Å²) in [4.78, 5) is 9.41. The number of hydrogen-bond donors (Lipinski definition) is 2. The highest BCUT2D eigenvalue weighted by molar-refractivity contribution is 6.06. The molecule has 2 heterocycles. The number of aromatic nitrogens is 2. The monoisotopic (exact) mass is 352 g/mol. The van der Waals surface area contributed by atoms with Gasteiger partial charge in [-0.2, -0.15) is 0 Å². The summed E-state index contributed by atoms with van der Waals surface area (Å²) < 4.78 is 0. The van der Waals surface area contributed by atoms with Crippen LogP contribution >= 0.6 is 0 Å². The van der Waals surface area contributed by atoms with E-state index in [2.05, 4.69) is 23.2 Å². The number of anilines is 1. The van der Waals surface area contributed by atoms with Gasteiger partial charge in [-0.1, -0.05) is 18.2 Å². The third-order valence-electron chi connectivity index (χ3n) is 5.63. The molecule has 0 spiro atoms. The smallest absolute Gasteiger partial charge is 0.0751 e. The first kappa shape index (κ1) is 15.9. The molecular weight excluding hydrogens is 332 g/mol. The first-order valence-corrected chi connectivity index (χ1v) is 9.35. The summed E-state index contributed by atoms with van der Waals surface area (Å²) in [6.07, 6.45) is 9.47. The van der Waals surface area contributed by atoms with E-state index >= 15 is 0 Å². The molecule has 4 aromatic rings. The number of nitrogen functional groups attached to an aromatic ring is 1. The lowest BCUT2D eigenvalue weighted by Gasteiger charge is -2.23. The van der Waals surface area contributed by atoms with E-state index in [9.17, 15) is 0 Å². The molecule has 0 fully saturated rings. The molecule has 0 saturated carbocycles. The van der Waals surface area contributed by atoms with Gasteiger partial charge in [-0.15, -0.1) is 0 Å². The number of hydrogen-bond acceptors (Lipinski definition) is 4. The predicted molar refractivity (Wildman–Crippen MR) is 111 cm³/mol. The Bertz CT molecular complexity index is 1200. The lowest BCUT2D eigenvalue weighted by molar-refractivity contribution is 0.689. The number of rotatable bonds is 2. The van der Waals surface area contributed by atoms with Crippen LogP contribution in [-0.4, -0.2) is 16.2 Å². The predicted octanol–water partition coefficient (Wildman–Crippen LogP) is 4.91. The normalized spacial score (nSPS) is 13.6. The largest absolute Gasteiger partial charge is 0.398 e. The molecule has 0 radical (unpaired) electrons. The summed E-state index contributed by atoms with van der Waals surface area (Å²) in [7, 11) is 0. The van der Waals surface area contributed by atoms with Crippen LogP contribution in [0.3, 0.4) is 0 Å². The van der Waals surface area contributed by atoms with Gasteiger partial charge in [0.15, 0.2) is 0 Å². The average Bonchev–Trinajstić information content (AvgIpc) is 2.73. The summed E-state index contributed by atoms with van der Waals surface area (Å²) in [5.41, 5.74) is 13.3. The van der Waals surface area contributed by atoms with Crippen LogP contribution in [-0.2, 0) is 12.8 Å². The minimum Gasteiger partial charge on any atom is -0.398 e. The Kier molecular flexibility index (Phi) is 3.64. The molecule has 0 atom stereocenters. The number of nitrogens with one attached hydrogen (secondary N) is 1. The molecule has 4 heteroatoms. The van der Waals surface area contributed by atoms with E-state index in [1.807, 2.05) is 30.6 Å². The number of nitrogens with zero attached hydrogens (tertiary/aromatic N) is 2. The fourth-order valence-corrected chi connectivity index (χ4v) is 4.36. The van der Waals surface area contributed by atoms with Crippen LogP contribution in [0.1, 0.15) is 29.5 Å². The van der Waals surface area contributed by atoms with E-state index in [-0.39, 0.29) is 0 Å². The van der Waals surface area contributed by atoms with Gasteiger partial charge in [-0.05, 0) is 60.4 Å². The van der Waals surface area contributed by atoms with E-state index in [1.165, 1.54) is 29.1 Å². The summed E-state index contributed by atoms with van der Waals surface area (Å²) in [5, 5.41) is 11.2. The second-order valence-corrected chi connectivity index (χ2v) is 7.13. The van der Waals surface area contributed by atoms with E-state index < -0.39 is 0 Å². The number of fused-ring (bicyclic) bond motifs is 4. The van der Waals surface area contributed by atoms with E-state index in [1.54, 1.807) is 0 Å². The van der Waals surface area contributed by atoms with Crippen molar-refractivity contribution in [2.75, 3.05) is 5.73 Å². The molecule has 1 aliphatic carbocycles. The Morgan fingerprint density at radius 1 is 1.00 bits per heavy atom. The molecule has 0 aliphatic heterocycles. The Labute approximate surface area is 157 Å². The van der Waals surface area contributed by atoms with Gasteiger partial charge in [0.25, 0.3) is 0 Å². The van der Waals surface area contributed by atoms with Crippen molar-refractivity contribution in [3.63, 3.8) is 0 Å². The maximum Gasteiger partial charge on any atom is 0.0751 e. The van der Waals surface area contributed by atoms with Crippen molar-refractivity contribution in [3.8, 4) is 11.3 Å². The lowest BCUT2D eigenvalue weighted by atomic mass is 9.84. The average molecular weight is 352 g/mol. The number of pyridine rings is 2. The third kappa shape index (κ3) is 2.40. The Morgan fingerprint density at radius 3 is 2.70 bits per heavy atom. The molecule has 0 saturated heterocycles. The van der Waals surface area contributed by atoms with Gasteiger partial charge in [-0.25, -0.2) is 4.98 Å². The van der Waals surface area contributed by atoms with Crippen molar-refractivity contribution in [2.24, 2.45) is 0 Å². The maximum atomic E-state index is 7.87. The molecule has 1 aliphatic rings. The van der Waals surface area contributed by atoms with Crippen LogP contribution in [0, 0.1) is 5.41 Å². The van der Waals surface area contributed by atoms with Gasteiger partial charge < -0.3 is 11.1 Å². The topological polar surface area (TPSA) is 75.7 Å². The number of aryl methyl sites for hydroxylation is 1. The van der Waals surface area contributed by atoms with Crippen LogP contribution in [0.4, 0.5) is 5.69 Å². The fourth-order valence-electron chi connectivity index (χ4n) is 4.36. The van der Waals surface area contributed by atoms with Crippen LogP contribution < -0.4 is 5.73 Å². The summed E-state index contributed by atoms with van der Waals surface area (Å²) in [5.74, 6) is 0. The quantitative estimate of drug-likeness (QED) is 0.397. The molecule has 132 valence electrons. The van der Waals surface area contributed by atoms with E-state index in [0.29, 0.717) is 5.69 Å². The zero-order chi connectivity index (χ0) is 18.4. The molecule has 3 N–H and O–H groups in total. The minimum absolute atomic E-state index is 0.647. The van der Waals surface area contributed by atoms with Crippen molar-refractivity contribution in [1.29, 1.82) is 5.41 Å². The first-order chi connectivity index (χ1) is 13.3.